The summed E-state index contributed by atoms with van der Waals surface area (Å²) in [6.45, 7) is 4.07. The third-order valence-electron chi connectivity index (χ3n) is 2.73. The average molecular weight is 156 g/mol. The SMILES string of the molecule is CCCC1COC2CCOC12. The van der Waals surface area contributed by atoms with Crippen molar-refractivity contribution in [2.75, 3.05) is 13.2 Å². The molecule has 11 heavy (non-hydrogen) atoms. The lowest BCUT2D eigenvalue weighted by atomic mass is 9.97. The fraction of sp³-hybridized carbons (Fsp3) is 1.00. The molecule has 3 unspecified atom stereocenters. The number of hydrogen-bond acceptors (Lipinski definition) is 2. The highest BCUT2D eigenvalue weighted by Crippen LogP contribution is 2.32. The van der Waals surface area contributed by atoms with Crippen molar-refractivity contribution in [3.8, 4) is 0 Å². The van der Waals surface area contributed by atoms with Crippen LogP contribution >= 0.6 is 0 Å². The lowest BCUT2D eigenvalue weighted by molar-refractivity contribution is 0.0621. The third kappa shape index (κ3) is 1.30. The molecule has 0 radical (unpaired) electrons. The van der Waals surface area contributed by atoms with E-state index in [0.717, 1.165) is 19.6 Å². The highest BCUT2D eigenvalue weighted by atomic mass is 16.6. The topological polar surface area (TPSA) is 18.5 Å². The molecule has 2 saturated heterocycles. The zero-order valence-corrected chi connectivity index (χ0v) is 7.08. The van der Waals surface area contributed by atoms with Crippen LogP contribution in [-0.4, -0.2) is 25.4 Å². The maximum Gasteiger partial charge on any atom is 0.0887 e. The van der Waals surface area contributed by atoms with Gasteiger partial charge in [0.05, 0.1) is 18.8 Å². The monoisotopic (exact) mass is 156 g/mol. The molecule has 2 nitrogen and oxygen atoms in total. The quantitative estimate of drug-likeness (QED) is 0.604. The molecule has 0 aromatic carbocycles. The van der Waals surface area contributed by atoms with E-state index in [1.54, 1.807) is 0 Å². The molecule has 0 aliphatic carbocycles. The molecule has 2 rings (SSSR count). The van der Waals surface area contributed by atoms with Gasteiger partial charge in [-0.15, -0.1) is 0 Å². The van der Waals surface area contributed by atoms with Gasteiger partial charge in [0, 0.05) is 12.5 Å². The van der Waals surface area contributed by atoms with Gasteiger partial charge in [0.25, 0.3) is 0 Å². The molecule has 2 heteroatoms. The lowest BCUT2D eigenvalue weighted by Gasteiger charge is -2.13. The lowest BCUT2D eigenvalue weighted by Crippen LogP contribution is -2.22. The van der Waals surface area contributed by atoms with E-state index in [0.29, 0.717) is 18.1 Å². The summed E-state index contributed by atoms with van der Waals surface area (Å²) in [6, 6.07) is 0. The molecular formula is C9H16O2. The Labute approximate surface area is 67.9 Å². The predicted octanol–water partition coefficient (Wildman–Crippen LogP) is 1.59. The van der Waals surface area contributed by atoms with Crippen molar-refractivity contribution >= 4 is 0 Å². The third-order valence-corrected chi connectivity index (χ3v) is 2.73. The Morgan fingerprint density at radius 2 is 2.27 bits per heavy atom. The second-order valence-electron chi connectivity index (χ2n) is 3.54. The predicted molar refractivity (Wildman–Crippen MR) is 42.5 cm³/mol. The Kier molecular flexibility index (Phi) is 2.14. The highest BCUT2D eigenvalue weighted by Gasteiger charge is 2.40. The van der Waals surface area contributed by atoms with Crippen LogP contribution in [0.4, 0.5) is 0 Å². The molecule has 2 aliphatic rings. The first kappa shape index (κ1) is 7.56. The molecule has 0 bridgehead atoms. The Balaban J connectivity index is 1.92. The van der Waals surface area contributed by atoms with Gasteiger partial charge < -0.3 is 9.47 Å². The van der Waals surface area contributed by atoms with Crippen molar-refractivity contribution < 1.29 is 9.47 Å². The Morgan fingerprint density at radius 1 is 1.36 bits per heavy atom. The van der Waals surface area contributed by atoms with E-state index in [4.69, 9.17) is 9.47 Å². The largest absolute Gasteiger partial charge is 0.375 e. The zero-order valence-electron chi connectivity index (χ0n) is 7.08. The van der Waals surface area contributed by atoms with Crippen LogP contribution in [0.3, 0.4) is 0 Å². The standard InChI is InChI=1S/C9H16O2/c1-2-3-7-6-11-8-4-5-10-9(7)8/h7-9H,2-6H2,1H3. The summed E-state index contributed by atoms with van der Waals surface area (Å²) in [5, 5.41) is 0. The van der Waals surface area contributed by atoms with E-state index in [9.17, 15) is 0 Å². The van der Waals surface area contributed by atoms with Gasteiger partial charge in [0.1, 0.15) is 0 Å². The van der Waals surface area contributed by atoms with Crippen LogP contribution in [0.5, 0.6) is 0 Å². The number of ether oxygens (including phenoxy) is 2. The Morgan fingerprint density at radius 3 is 3.09 bits per heavy atom. The van der Waals surface area contributed by atoms with E-state index in [2.05, 4.69) is 6.92 Å². The van der Waals surface area contributed by atoms with E-state index < -0.39 is 0 Å². The molecule has 0 aromatic heterocycles. The average Bonchev–Trinajstić information content (AvgIpc) is 2.53. The van der Waals surface area contributed by atoms with Crippen LogP contribution in [0.15, 0.2) is 0 Å². The first-order valence-corrected chi connectivity index (χ1v) is 4.65. The molecule has 0 aromatic rings. The zero-order chi connectivity index (χ0) is 7.68. The molecule has 0 N–H and O–H groups in total. The summed E-state index contributed by atoms with van der Waals surface area (Å²) < 4.78 is 11.2. The summed E-state index contributed by atoms with van der Waals surface area (Å²) in [5.74, 6) is 0.687. The fourth-order valence-electron chi connectivity index (χ4n) is 2.17. The number of hydrogen-bond donors (Lipinski definition) is 0. The van der Waals surface area contributed by atoms with Crippen LogP contribution in [0.2, 0.25) is 0 Å². The van der Waals surface area contributed by atoms with Crippen LogP contribution in [-0.2, 0) is 9.47 Å². The van der Waals surface area contributed by atoms with Crippen LogP contribution in [0, 0.1) is 5.92 Å². The van der Waals surface area contributed by atoms with Gasteiger partial charge in [0.15, 0.2) is 0 Å². The van der Waals surface area contributed by atoms with Gasteiger partial charge >= 0.3 is 0 Å². The minimum absolute atomic E-state index is 0.437. The van der Waals surface area contributed by atoms with Crippen molar-refractivity contribution in [2.24, 2.45) is 5.92 Å². The molecular weight excluding hydrogens is 140 g/mol. The summed E-state index contributed by atoms with van der Waals surface area (Å²) >= 11 is 0. The fourth-order valence-corrected chi connectivity index (χ4v) is 2.17. The molecule has 0 amide bonds. The first-order chi connectivity index (χ1) is 5.42. The van der Waals surface area contributed by atoms with Gasteiger partial charge in [-0.3, -0.25) is 0 Å². The van der Waals surface area contributed by atoms with E-state index in [-0.39, 0.29) is 0 Å². The maximum absolute atomic E-state index is 5.62. The Hall–Kier alpha value is -0.0800. The molecule has 2 fully saturated rings. The maximum atomic E-state index is 5.62. The molecule has 0 saturated carbocycles. The van der Waals surface area contributed by atoms with Crippen LogP contribution < -0.4 is 0 Å². The summed E-state index contributed by atoms with van der Waals surface area (Å²) in [4.78, 5) is 0. The van der Waals surface area contributed by atoms with Gasteiger partial charge in [0.2, 0.25) is 0 Å². The molecule has 2 heterocycles. The second kappa shape index (κ2) is 3.11. The highest BCUT2D eigenvalue weighted by molar-refractivity contribution is 4.88. The minimum Gasteiger partial charge on any atom is -0.375 e. The Bertz CT molecular complexity index is 134. The van der Waals surface area contributed by atoms with Gasteiger partial charge in [-0.2, -0.15) is 0 Å². The number of fused-ring (bicyclic) bond motifs is 1. The summed E-state index contributed by atoms with van der Waals surface area (Å²) in [6.07, 6.45) is 4.51. The summed E-state index contributed by atoms with van der Waals surface area (Å²) in [7, 11) is 0. The van der Waals surface area contributed by atoms with Crippen molar-refractivity contribution in [3.05, 3.63) is 0 Å². The molecule has 0 spiro atoms. The van der Waals surface area contributed by atoms with Crippen molar-refractivity contribution in [1.29, 1.82) is 0 Å². The van der Waals surface area contributed by atoms with Gasteiger partial charge in [-0.25, -0.2) is 0 Å². The van der Waals surface area contributed by atoms with Crippen LogP contribution in [0.1, 0.15) is 26.2 Å². The van der Waals surface area contributed by atoms with Gasteiger partial charge in [-0.05, 0) is 12.8 Å². The van der Waals surface area contributed by atoms with E-state index in [1.165, 1.54) is 12.8 Å². The minimum atomic E-state index is 0.437. The first-order valence-electron chi connectivity index (χ1n) is 4.65. The molecule has 64 valence electrons. The molecule has 2 aliphatic heterocycles. The summed E-state index contributed by atoms with van der Waals surface area (Å²) in [5.41, 5.74) is 0. The normalized spacial score (nSPS) is 42.8. The van der Waals surface area contributed by atoms with Crippen molar-refractivity contribution in [2.45, 2.75) is 38.4 Å². The van der Waals surface area contributed by atoms with Crippen molar-refractivity contribution in [1.82, 2.24) is 0 Å². The second-order valence-corrected chi connectivity index (χ2v) is 3.54. The molecule has 3 atom stereocenters. The van der Waals surface area contributed by atoms with E-state index in [1.807, 2.05) is 0 Å². The number of rotatable bonds is 2. The van der Waals surface area contributed by atoms with Crippen LogP contribution in [0.25, 0.3) is 0 Å². The smallest absolute Gasteiger partial charge is 0.0887 e. The van der Waals surface area contributed by atoms with Gasteiger partial charge in [-0.1, -0.05) is 13.3 Å². The van der Waals surface area contributed by atoms with Crippen molar-refractivity contribution in [3.63, 3.8) is 0 Å². The van der Waals surface area contributed by atoms with E-state index >= 15 is 0 Å².